The Balaban J connectivity index is 0.00000225. The van der Waals surface area contributed by atoms with E-state index in [1.54, 1.807) is 0 Å². The lowest BCUT2D eigenvalue weighted by Crippen LogP contribution is -2.28. The van der Waals surface area contributed by atoms with E-state index in [4.69, 9.17) is 10.5 Å². The van der Waals surface area contributed by atoms with Gasteiger partial charge in [0.05, 0.1) is 6.10 Å². The third kappa shape index (κ3) is 7.04. The minimum Gasteiger partial charge on any atom is -0.378 e. The summed E-state index contributed by atoms with van der Waals surface area (Å²) in [5, 5.41) is 2.85. The molecule has 16 heavy (non-hydrogen) atoms. The highest BCUT2D eigenvalue weighted by atomic mass is 35.5. The fourth-order valence-electron chi connectivity index (χ4n) is 1.75. The Morgan fingerprint density at radius 1 is 1.44 bits per heavy atom. The lowest BCUT2D eigenvalue weighted by molar-refractivity contribution is -0.122. The third-order valence-corrected chi connectivity index (χ3v) is 2.67. The summed E-state index contributed by atoms with van der Waals surface area (Å²) < 4.78 is 5.55. The van der Waals surface area contributed by atoms with Crippen molar-refractivity contribution in [1.82, 2.24) is 5.32 Å². The van der Waals surface area contributed by atoms with E-state index in [2.05, 4.69) is 5.32 Å². The number of rotatable bonds is 6. The predicted molar refractivity (Wildman–Crippen MR) is 66.8 cm³/mol. The summed E-state index contributed by atoms with van der Waals surface area (Å²) in [6.45, 7) is 2.19. The molecule has 3 N–H and O–H groups in total. The summed E-state index contributed by atoms with van der Waals surface area (Å²) >= 11 is 0. The molecule has 0 spiro atoms. The van der Waals surface area contributed by atoms with Crippen LogP contribution in [0.2, 0.25) is 0 Å². The van der Waals surface area contributed by atoms with E-state index >= 15 is 0 Å². The Morgan fingerprint density at radius 2 is 2.25 bits per heavy atom. The van der Waals surface area contributed by atoms with Gasteiger partial charge in [-0.3, -0.25) is 4.79 Å². The first-order valence-corrected chi connectivity index (χ1v) is 5.91. The number of hydrogen-bond acceptors (Lipinski definition) is 3. The summed E-state index contributed by atoms with van der Waals surface area (Å²) in [4.78, 5) is 11.4. The van der Waals surface area contributed by atoms with Crippen LogP contribution in [0.4, 0.5) is 0 Å². The van der Waals surface area contributed by atoms with Gasteiger partial charge in [-0.05, 0) is 38.6 Å². The molecule has 1 fully saturated rings. The molecule has 4 nitrogen and oxygen atoms in total. The number of carbonyl (C=O) groups is 1. The first-order chi connectivity index (χ1) is 7.33. The van der Waals surface area contributed by atoms with Crippen molar-refractivity contribution >= 4 is 18.3 Å². The van der Waals surface area contributed by atoms with Crippen molar-refractivity contribution in [2.75, 3.05) is 19.7 Å². The van der Waals surface area contributed by atoms with Crippen LogP contribution >= 0.6 is 12.4 Å². The molecular formula is C11H23ClN2O2. The van der Waals surface area contributed by atoms with Gasteiger partial charge >= 0.3 is 0 Å². The Kier molecular flexibility index (Phi) is 9.68. The van der Waals surface area contributed by atoms with Crippen molar-refractivity contribution in [3.8, 4) is 0 Å². The molecule has 1 amide bonds. The quantitative estimate of drug-likeness (QED) is 0.697. The van der Waals surface area contributed by atoms with Crippen molar-refractivity contribution in [2.45, 2.75) is 44.6 Å². The normalized spacial score (nSPS) is 19.9. The molecule has 0 radical (unpaired) electrons. The number of hydrogen-bond donors (Lipinski definition) is 2. The maximum atomic E-state index is 11.4. The summed E-state index contributed by atoms with van der Waals surface area (Å²) in [6, 6.07) is 0. The smallest absolute Gasteiger partial charge is 0.220 e. The van der Waals surface area contributed by atoms with Gasteiger partial charge < -0.3 is 15.8 Å². The highest BCUT2D eigenvalue weighted by Crippen LogP contribution is 2.16. The first-order valence-electron chi connectivity index (χ1n) is 5.91. The molecule has 1 rings (SSSR count). The zero-order valence-electron chi connectivity index (χ0n) is 9.74. The summed E-state index contributed by atoms with van der Waals surface area (Å²) in [5.74, 6) is 0.123. The minimum absolute atomic E-state index is 0. The van der Waals surface area contributed by atoms with E-state index in [0.29, 0.717) is 25.6 Å². The number of carbonyl (C=O) groups excluding carboxylic acids is 1. The number of amides is 1. The van der Waals surface area contributed by atoms with Crippen molar-refractivity contribution in [2.24, 2.45) is 5.73 Å². The van der Waals surface area contributed by atoms with Gasteiger partial charge in [0.15, 0.2) is 0 Å². The van der Waals surface area contributed by atoms with Crippen molar-refractivity contribution in [1.29, 1.82) is 0 Å². The SMILES string of the molecule is Cl.NCCCNC(=O)CCC1CCCCO1. The minimum atomic E-state index is 0. The van der Waals surface area contributed by atoms with Gasteiger partial charge in [-0.15, -0.1) is 12.4 Å². The van der Waals surface area contributed by atoms with Gasteiger partial charge in [-0.25, -0.2) is 0 Å². The molecule has 0 aliphatic carbocycles. The molecule has 0 bridgehead atoms. The Hall–Kier alpha value is -0.320. The Morgan fingerprint density at radius 3 is 2.88 bits per heavy atom. The van der Waals surface area contributed by atoms with Crippen LogP contribution in [0.3, 0.4) is 0 Å². The standard InChI is InChI=1S/C11H22N2O2.ClH/c12-7-3-8-13-11(14)6-5-10-4-1-2-9-15-10;/h10H,1-9,12H2,(H,13,14);1H. The van der Waals surface area contributed by atoms with Crippen molar-refractivity contribution in [3.05, 3.63) is 0 Å². The highest BCUT2D eigenvalue weighted by Gasteiger charge is 2.14. The second-order valence-electron chi connectivity index (χ2n) is 4.02. The van der Waals surface area contributed by atoms with Crippen LogP contribution < -0.4 is 11.1 Å². The molecule has 1 atom stereocenters. The van der Waals surface area contributed by atoms with E-state index in [9.17, 15) is 4.79 Å². The van der Waals surface area contributed by atoms with E-state index in [-0.39, 0.29) is 18.3 Å². The van der Waals surface area contributed by atoms with Crippen LogP contribution in [-0.4, -0.2) is 31.7 Å². The highest BCUT2D eigenvalue weighted by molar-refractivity contribution is 5.85. The number of nitrogens with two attached hydrogens (primary N) is 1. The fourth-order valence-corrected chi connectivity index (χ4v) is 1.75. The Labute approximate surface area is 104 Å². The molecule has 1 unspecified atom stereocenters. The fraction of sp³-hybridized carbons (Fsp3) is 0.909. The number of nitrogens with one attached hydrogen (secondary N) is 1. The third-order valence-electron chi connectivity index (χ3n) is 2.67. The first kappa shape index (κ1) is 15.7. The molecule has 0 saturated carbocycles. The van der Waals surface area contributed by atoms with Gasteiger partial charge in [-0.2, -0.15) is 0 Å². The zero-order valence-corrected chi connectivity index (χ0v) is 10.6. The largest absolute Gasteiger partial charge is 0.378 e. The van der Waals surface area contributed by atoms with Crippen LogP contribution in [0, 0.1) is 0 Å². The van der Waals surface area contributed by atoms with Crippen LogP contribution in [0.25, 0.3) is 0 Å². The number of halogens is 1. The molecule has 1 aliphatic heterocycles. The number of ether oxygens (including phenoxy) is 1. The maximum absolute atomic E-state index is 11.4. The molecule has 0 aromatic rings. The van der Waals surface area contributed by atoms with Gasteiger partial charge in [-0.1, -0.05) is 0 Å². The van der Waals surface area contributed by atoms with Crippen LogP contribution in [-0.2, 0) is 9.53 Å². The van der Waals surface area contributed by atoms with Crippen LogP contribution in [0.15, 0.2) is 0 Å². The van der Waals surface area contributed by atoms with Crippen molar-refractivity contribution < 1.29 is 9.53 Å². The lowest BCUT2D eigenvalue weighted by atomic mass is 10.0. The van der Waals surface area contributed by atoms with E-state index in [1.165, 1.54) is 12.8 Å². The lowest BCUT2D eigenvalue weighted by Gasteiger charge is -2.22. The van der Waals surface area contributed by atoms with E-state index in [0.717, 1.165) is 25.9 Å². The predicted octanol–water partition coefficient (Wildman–Crippen LogP) is 1.22. The van der Waals surface area contributed by atoms with Gasteiger partial charge in [0.25, 0.3) is 0 Å². The summed E-state index contributed by atoms with van der Waals surface area (Å²) in [6.07, 6.45) is 6.10. The van der Waals surface area contributed by atoms with Crippen LogP contribution in [0.5, 0.6) is 0 Å². The average molecular weight is 251 g/mol. The maximum Gasteiger partial charge on any atom is 0.220 e. The van der Waals surface area contributed by atoms with E-state index < -0.39 is 0 Å². The molecular weight excluding hydrogens is 228 g/mol. The van der Waals surface area contributed by atoms with Crippen molar-refractivity contribution in [3.63, 3.8) is 0 Å². The molecule has 96 valence electrons. The molecule has 1 aliphatic rings. The Bertz CT molecular complexity index is 185. The zero-order chi connectivity index (χ0) is 10.9. The summed E-state index contributed by atoms with van der Waals surface area (Å²) in [7, 11) is 0. The second kappa shape index (κ2) is 9.87. The average Bonchev–Trinajstić information content (AvgIpc) is 2.28. The molecule has 0 aromatic heterocycles. The molecule has 1 heterocycles. The van der Waals surface area contributed by atoms with Gasteiger partial charge in [0.2, 0.25) is 5.91 Å². The topological polar surface area (TPSA) is 64.3 Å². The van der Waals surface area contributed by atoms with E-state index in [1.807, 2.05) is 0 Å². The molecule has 0 aromatic carbocycles. The van der Waals surface area contributed by atoms with Gasteiger partial charge in [0, 0.05) is 19.6 Å². The molecule has 5 heteroatoms. The summed E-state index contributed by atoms with van der Waals surface area (Å²) in [5.41, 5.74) is 5.33. The molecule has 1 saturated heterocycles. The monoisotopic (exact) mass is 250 g/mol. The van der Waals surface area contributed by atoms with Gasteiger partial charge in [0.1, 0.15) is 0 Å². The second-order valence-corrected chi connectivity index (χ2v) is 4.02. The van der Waals surface area contributed by atoms with Crippen LogP contribution in [0.1, 0.15) is 38.5 Å².